The van der Waals surface area contributed by atoms with Crippen LogP contribution >= 0.6 is 0 Å². The van der Waals surface area contributed by atoms with Crippen LogP contribution in [0.5, 0.6) is 5.75 Å². The van der Waals surface area contributed by atoms with Crippen LogP contribution in [0, 0.1) is 0 Å². The van der Waals surface area contributed by atoms with Gasteiger partial charge in [-0.25, -0.2) is 0 Å². The number of aromatic amines is 1. The van der Waals surface area contributed by atoms with E-state index >= 15 is 0 Å². The minimum absolute atomic E-state index is 0.0361. The van der Waals surface area contributed by atoms with E-state index in [4.69, 9.17) is 4.74 Å². The van der Waals surface area contributed by atoms with E-state index in [0.29, 0.717) is 0 Å². The Labute approximate surface area is 188 Å². The number of aromatic nitrogens is 1. The standard InChI is InChI=1S/C28H29NO3/c30-27(31)19-24-20-29-26-11-6-10-23(28(24)26)15-12-22-13-16-25(17-14-22)32-18-5-4-9-21-7-2-1-3-8-21/h1-3,6-8,10-11,13-14,16-17,20,29H,4-5,9,12,15,18-19H2,(H,30,31). The average Bonchev–Trinajstić information content (AvgIpc) is 3.22. The quantitative estimate of drug-likeness (QED) is 0.289. The van der Waals surface area contributed by atoms with Gasteiger partial charge in [-0.1, -0.05) is 54.6 Å². The van der Waals surface area contributed by atoms with E-state index in [1.165, 1.54) is 16.7 Å². The third-order valence-corrected chi connectivity index (χ3v) is 5.79. The molecule has 0 fully saturated rings. The predicted octanol–water partition coefficient (Wildman–Crippen LogP) is 5.98. The number of hydrogen-bond acceptors (Lipinski definition) is 2. The zero-order valence-corrected chi connectivity index (χ0v) is 18.2. The number of aliphatic carboxylic acids is 1. The zero-order chi connectivity index (χ0) is 22.2. The molecule has 4 heteroatoms. The molecule has 0 aliphatic carbocycles. The molecule has 0 aliphatic heterocycles. The maximum atomic E-state index is 11.2. The average molecular weight is 428 g/mol. The number of carboxylic acids is 1. The van der Waals surface area contributed by atoms with Crippen LogP contribution in [0.15, 0.2) is 79.0 Å². The van der Waals surface area contributed by atoms with Crippen molar-refractivity contribution in [3.8, 4) is 5.75 Å². The molecule has 0 bridgehead atoms. The SMILES string of the molecule is O=C(O)Cc1c[nH]c2cccc(CCc3ccc(OCCCCc4ccccc4)cc3)c12. The first-order valence-corrected chi connectivity index (χ1v) is 11.2. The summed E-state index contributed by atoms with van der Waals surface area (Å²) in [6.07, 6.45) is 6.86. The van der Waals surface area contributed by atoms with Crippen LogP contribution in [0.2, 0.25) is 0 Å². The van der Waals surface area contributed by atoms with E-state index in [0.717, 1.165) is 60.9 Å². The summed E-state index contributed by atoms with van der Waals surface area (Å²) in [7, 11) is 0. The lowest BCUT2D eigenvalue weighted by Gasteiger charge is -2.09. The Morgan fingerprint density at radius 1 is 0.781 bits per heavy atom. The first-order chi connectivity index (χ1) is 15.7. The van der Waals surface area contributed by atoms with Gasteiger partial charge in [0.15, 0.2) is 0 Å². The molecule has 0 spiro atoms. The Kier molecular flexibility index (Phi) is 7.23. The smallest absolute Gasteiger partial charge is 0.307 e. The van der Waals surface area contributed by atoms with Crippen LogP contribution in [0.25, 0.3) is 10.9 Å². The summed E-state index contributed by atoms with van der Waals surface area (Å²) in [6, 6.07) is 25.0. The number of fused-ring (bicyclic) bond motifs is 1. The molecule has 32 heavy (non-hydrogen) atoms. The number of ether oxygens (including phenoxy) is 1. The van der Waals surface area contributed by atoms with Crippen molar-refractivity contribution in [2.24, 2.45) is 0 Å². The Balaban J connectivity index is 1.27. The van der Waals surface area contributed by atoms with Crippen LogP contribution in [0.3, 0.4) is 0 Å². The molecule has 0 radical (unpaired) electrons. The second-order valence-electron chi connectivity index (χ2n) is 8.16. The van der Waals surface area contributed by atoms with Gasteiger partial charge in [-0.15, -0.1) is 0 Å². The second-order valence-corrected chi connectivity index (χ2v) is 8.16. The minimum Gasteiger partial charge on any atom is -0.494 e. The fourth-order valence-corrected chi connectivity index (χ4v) is 4.14. The Morgan fingerprint density at radius 3 is 2.34 bits per heavy atom. The molecular weight excluding hydrogens is 398 g/mol. The summed E-state index contributed by atoms with van der Waals surface area (Å²) in [4.78, 5) is 14.4. The van der Waals surface area contributed by atoms with Crippen molar-refractivity contribution < 1.29 is 14.6 Å². The van der Waals surface area contributed by atoms with E-state index in [-0.39, 0.29) is 6.42 Å². The number of carboxylic acid groups (broad SMARTS) is 1. The topological polar surface area (TPSA) is 62.3 Å². The third-order valence-electron chi connectivity index (χ3n) is 5.79. The van der Waals surface area contributed by atoms with Crippen molar-refractivity contribution in [2.75, 3.05) is 6.61 Å². The maximum absolute atomic E-state index is 11.2. The van der Waals surface area contributed by atoms with E-state index in [9.17, 15) is 9.90 Å². The molecule has 0 unspecified atom stereocenters. The maximum Gasteiger partial charge on any atom is 0.307 e. The van der Waals surface area contributed by atoms with Crippen molar-refractivity contribution in [2.45, 2.75) is 38.5 Å². The summed E-state index contributed by atoms with van der Waals surface area (Å²) in [5, 5.41) is 10.2. The Bertz CT molecular complexity index is 1150. The highest BCUT2D eigenvalue weighted by atomic mass is 16.5. The highest BCUT2D eigenvalue weighted by molar-refractivity contribution is 5.89. The van der Waals surface area contributed by atoms with Crippen molar-refractivity contribution in [1.29, 1.82) is 0 Å². The number of unbranched alkanes of at least 4 members (excludes halogenated alkanes) is 1. The molecule has 0 amide bonds. The van der Waals surface area contributed by atoms with Gasteiger partial charge in [-0.3, -0.25) is 4.79 Å². The summed E-state index contributed by atoms with van der Waals surface area (Å²) >= 11 is 0. The lowest BCUT2D eigenvalue weighted by molar-refractivity contribution is -0.136. The number of nitrogens with one attached hydrogen (secondary N) is 1. The third kappa shape index (κ3) is 5.79. The molecule has 2 N–H and O–H groups in total. The lowest BCUT2D eigenvalue weighted by atomic mass is 9.98. The van der Waals surface area contributed by atoms with Crippen molar-refractivity contribution in [3.63, 3.8) is 0 Å². The minimum atomic E-state index is -0.809. The predicted molar refractivity (Wildman–Crippen MR) is 128 cm³/mol. The lowest BCUT2D eigenvalue weighted by Crippen LogP contribution is -2.01. The molecular formula is C28H29NO3. The molecule has 164 valence electrons. The Hall–Kier alpha value is -3.53. The van der Waals surface area contributed by atoms with E-state index in [2.05, 4.69) is 47.4 Å². The first kappa shape index (κ1) is 21.7. The molecule has 0 atom stereocenters. The van der Waals surface area contributed by atoms with Gasteiger partial charge in [0.25, 0.3) is 0 Å². The van der Waals surface area contributed by atoms with Gasteiger partial charge < -0.3 is 14.8 Å². The number of benzene rings is 3. The van der Waals surface area contributed by atoms with Crippen LogP contribution < -0.4 is 4.74 Å². The largest absolute Gasteiger partial charge is 0.494 e. The van der Waals surface area contributed by atoms with Crippen LogP contribution in [0.4, 0.5) is 0 Å². The number of aryl methyl sites for hydroxylation is 3. The van der Waals surface area contributed by atoms with Gasteiger partial charge in [0, 0.05) is 17.1 Å². The second kappa shape index (κ2) is 10.7. The number of H-pyrrole nitrogens is 1. The molecule has 4 aromatic rings. The van der Waals surface area contributed by atoms with Gasteiger partial charge in [0.2, 0.25) is 0 Å². The molecule has 0 saturated heterocycles. The summed E-state index contributed by atoms with van der Waals surface area (Å²) in [6.45, 7) is 0.730. The summed E-state index contributed by atoms with van der Waals surface area (Å²) < 4.78 is 5.90. The number of rotatable bonds is 11. The van der Waals surface area contributed by atoms with Gasteiger partial charge in [0.1, 0.15) is 5.75 Å². The fraction of sp³-hybridized carbons (Fsp3) is 0.250. The number of hydrogen-bond donors (Lipinski definition) is 2. The molecule has 1 aromatic heterocycles. The van der Waals surface area contributed by atoms with E-state index in [1.54, 1.807) is 0 Å². The van der Waals surface area contributed by atoms with Crippen molar-refractivity contribution in [3.05, 3.63) is 101 Å². The van der Waals surface area contributed by atoms with Gasteiger partial charge in [0.05, 0.1) is 13.0 Å². The van der Waals surface area contributed by atoms with Gasteiger partial charge in [-0.2, -0.15) is 0 Å². The molecule has 1 heterocycles. The molecule has 0 saturated carbocycles. The highest BCUT2D eigenvalue weighted by Crippen LogP contribution is 2.25. The fourth-order valence-electron chi connectivity index (χ4n) is 4.14. The van der Waals surface area contributed by atoms with E-state index < -0.39 is 5.97 Å². The summed E-state index contributed by atoms with van der Waals surface area (Å²) in [5.74, 6) is 0.0984. The van der Waals surface area contributed by atoms with Crippen molar-refractivity contribution >= 4 is 16.9 Å². The first-order valence-electron chi connectivity index (χ1n) is 11.2. The summed E-state index contributed by atoms with van der Waals surface area (Å²) in [5.41, 5.74) is 5.64. The molecule has 0 aliphatic rings. The van der Waals surface area contributed by atoms with Gasteiger partial charge in [-0.05, 0) is 72.6 Å². The highest BCUT2D eigenvalue weighted by Gasteiger charge is 2.11. The zero-order valence-electron chi connectivity index (χ0n) is 18.2. The van der Waals surface area contributed by atoms with E-state index in [1.807, 2.05) is 36.5 Å². The normalized spacial score (nSPS) is 11.0. The van der Waals surface area contributed by atoms with Crippen LogP contribution in [-0.2, 0) is 30.5 Å². The molecule has 4 nitrogen and oxygen atoms in total. The van der Waals surface area contributed by atoms with Crippen LogP contribution in [0.1, 0.15) is 35.1 Å². The molecule has 3 aromatic carbocycles. The Morgan fingerprint density at radius 2 is 1.56 bits per heavy atom. The monoisotopic (exact) mass is 427 g/mol. The van der Waals surface area contributed by atoms with Crippen molar-refractivity contribution in [1.82, 2.24) is 4.98 Å². The molecule has 4 rings (SSSR count). The van der Waals surface area contributed by atoms with Crippen LogP contribution in [-0.4, -0.2) is 22.7 Å². The number of carbonyl (C=O) groups is 1. The van der Waals surface area contributed by atoms with Gasteiger partial charge >= 0.3 is 5.97 Å².